The highest BCUT2D eigenvalue weighted by molar-refractivity contribution is 6.20. The summed E-state index contributed by atoms with van der Waals surface area (Å²) in [6, 6.07) is 6.81. The van der Waals surface area contributed by atoms with Crippen molar-refractivity contribution in [3.05, 3.63) is 59.5 Å². The minimum atomic E-state index is -4.49. The highest BCUT2D eigenvalue weighted by Gasteiger charge is 2.31. The number of esters is 1. The van der Waals surface area contributed by atoms with Gasteiger partial charge in [-0.05, 0) is 50.6 Å². The maximum Gasteiger partial charge on any atom is 0.416 e. The van der Waals surface area contributed by atoms with Crippen LogP contribution in [-0.4, -0.2) is 38.9 Å². The van der Waals surface area contributed by atoms with E-state index in [9.17, 15) is 18.0 Å². The minimum absolute atomic E-state index is 0.0832. The first-order chi connectivity index (χ1) is 15.1. The van der Waals surface area contributed by atoms with Crippen LogP contribution in [0.25, 0.3) is 23.2 Å². The number of rotatable bonds is 6. The third-order valence-corrected chi connectivity index (χ3v) is 4.25. The summed E-state index contributed by atoms with van der Waals surface area (Å²) in [7, 11) is 1.47. The summed E-state index contributed by atoms with van der Waals surface area (Å²) in [5.74, 6) is -0.160. The van der Waals surface area contributed by atoms with Crippen molar-refractivity contribution in [2.75, 3.05) is 7.11 Å². The highest BCUT2D eigenvalue weighted by Crippen LogP contribution is 2.32. The zero-order valence-corrected chi connectivity index (χ0v) is 17.8. The van der Waals surface area contributed by atoms with E-state index in [1.165, 1.54) is 30.5 Å². The van der Waals surface area contributed by atoms with E-state index in [1.54, 1.807) is 39.0 Å². The maximum atomic E-state index is 13.2. The molecule has 0 spiro atoms. The first kappa shape index (κ1) is 23.0. The Morgan fingerprint density at radius 1 is 1.16 bits per heavy atom. The lowest BCUT2D eigenvalue weighted by Gasteiger charge is -2.11. The molecule has 0 saturated carbocycles. The van der Waals surface area contributed by atoms with Gasteiger partial charge in [0.1, 0.15) is 6.33 Å². The van der Waals surface area contributed by atoms with Gasteiger partial charge in [-0.2, -0.15) is 13.2 Å². The van der Waals surface area contributed by atoms with Gasteiger partial charge < -0.3 is 9.47 Å². The normalized spacial score (nSPS) is 12.2. The largest absolute Gasteiger partial charge is 0.481 e. The standard InChI is InChI=1S/C22H21F3N4O3/c1-13(2)32-21(30)18(15-5-6-19(31-4)26-10-15)11-29-12-27-20(28-29)16-7-14(3)8-17(9-16)22(23,24)25/h5-13H,1-4H3/b18-11-. The third-order valence-electron chi connectivity index (χ3n) is 4.25. The van der Waals surface area contributed by atoms with Crippen molar-refractivity contribution in [1.82, 2.24) is 19.7 Å². The van der Waals surface area contributed by atoms with Gasteiger partial charge in [0.2, 0.25) is 5.88 Å². The molecule has 0 N–H and O–H groups in total. The van der Waals surface area contributed by atoms with Crippen molar-refractivity contribution in [1.29, 1.82) is 0 Å². The molecule has 32 heavy (non-hydrogen) atoms. The minimum Gasteiger partial charge on any atom is -0.481 e. The molecule has 0 amide bonds. The van der Waals surface area contributed by atoms with Gasteiger partial charge in [-0.15, -0.1) is 5.10 Å². The van der Waals surface area contributed by atoms with E-state index in [-0.39, 0.29) is 23.1 Å². The molecule has 168 valence electrons. The molecule has 2 aromatic heterocycles. The molecule has 10 heteroatoms. The van der Waals surface area contributed by atoms with E-state index in [0.717, 1.165) is 12.1 Å². The topological polar surface area (TPSA) is 79.1 Å². The van der Waals surface area contributed by atoms with Gasteiger partial charge in [0, 0.05) is 29.6 Å². The first-order valence-corrected chi connectivity index (χ1v) is 9.60. The van der Waals surface area contributed by atoms with Crippen LogP contribution in [0.4, 0.5) is 13.2 Å². The van der Waals surface area contributed by atoms with E-state index in [1.807, 2.05) is 0 Å². The van der Waals surface area contributed by atoms with Crippen LogP contribution in [0, 0.1) is 6.92 Å². The van der Waals surface area contributed by atoms with Crippen molar-refractivity contribution < 1.29 is 27.4 Å². The Morgan fingerprint density at radius 3 is 2.50 bits per heavy atom. The quantitative estimate of drug-likeness (QED) is 0.406. The third kappa shape index (κ3) is 5.51. The number of aryl methyl sites for hydroxylation is 1. The van der Waals surface area contributed by atoms with E-state index in [0.29, 0.717) is 17.0 Å². The van der Waals surface area contributed by atoms with Gasteiger partial charge in [0.15, 0.2) is 5.82 Å². The molecule has 0 atom stereocenters. The van der Waals surface area contributed by atoms with Crippen LogP contribution in [0.1, 0.15) is 30.5 Å². The summed E-state index contributed by atoms with van der Waals surface area (Å²) in [6.45, 7) is 4.99. The Bertz CT molecular complexity index is 1140. The monoisotopic (exact) mass is 446 g/mol. The highest BCUT2D eigenvalue weighted by atomic mass is 19.4. The average molecular weight is 446 g/mol. The van der Waals surface area contributed by atoms with Crippen LogP contribution >= 0.6 is 0 Å². The van der Waals surface area contributed by atoms with Crippen LogP contribution in [0.15, 0.2) is 42.9 Å². The van der Waals surface area contributed by atoms with Crippen LogP contribution in [0.2, 0.25) is 0 Å². The predicted molar refractivity (Wildman–Crippen MR) is 111 cm³/mol. The molecular weight excluding hydrogens is 425 g/mol. The van der Waals surface area contributed by atoms with Crippen molar-refractivity contribution in [2.24, 2.45) is 0 Å². The molecule has 3 aromatic rings. The van der Waals surface area contributed by atoms with Crippen molar-refractivity contribution in [3.63, 3.8) is 0 Å². The Balaban J connectivity index is 2.01. The molecule has 0 saturated heterocycles. The molecule has 2 heterocycles. The number of halogens is 3. The van der Waals surface area contributed by atoms with Crippen LogP contribution in [0.5, 0.6) is 5.88 Å². The van der Waals surface area contributed by atoms with Crippen molar-refractivity contribution in [2.45, 2.75) is 33.1 Å². The number of pyridine rings is 1. The smallest absolute Gasteiger partial charge is 0.416 e. The van der Waals surface area contributed by atoms with E-state index < -0.39 is 17.7 Å². The van der Waals surface area contributed by atoms with E-state index >= 15 is 0 Å². The molecule has 0 aliphatic carbocycles. The number of benzene rings is 1. The zero-order chi connectivity index (χ0) is 23.5. The van der Waals surface area contributed by atoms with Gasteiger partial charge in [0.25, 0.3) is 0 Å². The predicted octanol–water partition coefficient (Wildman–Crippen LogP) is 4.63. The Labute approximate surface area is 182 Å². The van der Waals surface area contributed by atoms with E-state index in [2.05, 4.69) is 15.1 Å². The molecule has 1 aromatic carbocycles. The number of nitrogens with zero attached hydrogens (tertiary/aromatic N) is 4. The number of methoxy groups -OCH3 is 1. The fraction of sp³-hybridized carbons (Fsp3) is 0.273. The van der Waals surface area contributed by atoms with Gasteiger partial charge in [0.05, 0.1) is 24.4 Å². The number of hydrogen-bond donors (Lipinski definition) is 0. The van der Waals surface area contributed by atoms with Crippen LogP contribution in [-0.2, 0) is 15.7 Å². The molecule has 0 aliphatic heterocycles. The Morgan fingerprint density at radius 2 is 1.91 bits per heavy atom. The molecule has 3 rings (SSSR count). The molecule has 0 bridgehead atoms. The van der Waals surface area contributed by atoms with E-state index in [4.69, 9.17) is 9.47 Å². The number of alkyl halides is 3. The Hall–Kier alpha value is -3.69. The molecular formula is C22H21F3N4O3. The molecule has 7 nitrogen and oxygen atoms in total. The van der Waals surface area contributed by atoms with Gasteiger partial charge >= 0.3 is 12.1 Å². The number of hydrogen-bond acceptors (Lipinski definition) is 6. The number of ether oxygens (including phenoxy) is 2. The van der Waals surface area contributed by atoms with Crippen molar-refractivity contribution >= 4 is 17.7 Å². The van der Waals surface area contributed by atoms with Gasteiger partial charge in [-0.25, -0.2) is 19.4 Å². The molecule has 0 radical (unpaired) electrons. The zero-order valence-electron chi connectivity index (χ0n) is 17.8. The second-order valence-electron chi connectivity index (χ2n) is 7.22. The first-order valence-electron chi connectivity index (χ1n) is 9.60. The van der Waals surface area contributed by atoms with Crippen molar-refractivity contribution in [3.8, 4) is 17.3 Å². The lowest BCUT2D eigenvalue weighted by atomic mass is 10.1. The summed E-state index contributed by atoms with van der Waals surface area (Å²) >= 11 is 0. The number of aromatic nitrogens is 4. The SMILES string of the molecule is COc1ccc(/C(=C/n2cnc(-c3cc(C)cc(C(F)(F)F)c3)n2)C(=O)OC(C)C)cn1. The summed E-state index contributed by atoms with van der Waals surface area (Å²) < 4.78 is 51.0. The lowest BCUT2D eigenvalue weighted by Crippen LogP contribution is -2.14. The maximum absolute atomic E-state index is 13.2. The van der Waals surface area contributed by atoms with Gasteiger partial charge in [-0.1, -0.05) is 0 Å². The lowest BCUT2D eigenvalue weighted by molar-refractivity contribution is -0.140. The summed E-state index contributed by atoms with van der Waals surface area (Å²) in [6.07, 6.45) is -0.731. The van der Waals surface area contributed by atoms with Gasteiger partial charge in [-0.3, -0.25) is 0 Å². The second kappa shape index (κ2) is 9.21. The molecule has 0 aliphatic rings. The Kier molecular flexibility index (Phi) is 6.61. The fourth-order valence-electron chi connectivity index (χ4n) is 2.86. The number of carbonyl (C=O) groups excluding carboxylic acids is 1. The molecule has 0 unspecified atom stereocenters. The number of carbonyl (C=O) groups is 1. The second-order valence-corrected chi connectivity index (χ2v) is 7.22. The summed E-state index contributed by atoms with van der Waals surface area (Å²) in [4.78, 5) is 20.8. The molecule has 0 fully saturated rings. The van der Waals surface area contributed by atoms with Crippen LogP contribution in [0.3, 0.4) is 0 Å². The van der Waals surface area contributed by atoms with Crippen LogP contribution < -0.4 is 4.74 Å². The average Bonchev–Trinajstić information content (AvgIpc) is 3.19. The summed E-state index contributed by atoms with van der Waals surface area (Å²) in [5, 5.41) is 4.21. The fourth-order valence-corrected chi connectivity index (χ4v) is 2.86. The summed E-state index contributed by atoms with van der Waals surface area (Å²) in [5.41, 5.74) is 0.438.